The molecule has 1 aliphatic rings. The van der Waals surface area contributed by atoms with Gasteiger partial charge >= 0.3 is 123 Å². The molecule has 0 atom stereocenters. The molecule has 0 N–H and O–H groups in total. The molecule has 3 aromatic rings. The summed E-state index contributed by atoms with van der Waals surface area (Å²) < 4.78 is 11.7. The number of hydrogen-bond donors (Lipinski definition) is 0. The van der Waals surface area contributed by atoms with Crippen LogP contribution in [0.3, 0.4) is 0 Å². The first-order chi connectivity index (χ1) is 10.4. The van der Waals surface area contributed by atoms with Crippen LogP contribution in [0.2, 0.25) is 0 Å². The third-order valence-electron chi connectivity index (χ3n) is 3.97. The van der Waals surface area contributed by atoms with Crippen molar-refractivity contribution in [3.05, 3.63) is 91.0 Å². The number of benzene rings is 3. The van der Waals surface area contributed by atoms with Crippen molar-refractivity contribution in [1.29, 1.82) is 0 Å². The zero-order chi connectivity index (χ0) is 14.2. The summed E-state index contributed by atoms with van der Waals surface area (Å²) in [7, 11) is -3.12. The standard InChI is InChI=1S/C18H15O2P/c1-4-10-16(11-5-1)21(19-20-21,17-12-6-2-7-13-17)18-14-8-3-9-15-18/h1-15H. The van der Waals surface area contributed by atoms with Crippen LogP contribution in [0, 0.1) is 0 Å². The zero-order valence-corrected chi connectivity index (χ0v) is 12.3. The third kappa shape index (κ3) is 1.64. The van der Waals surface area contributed by atoms with Gasteiger partial charge in [-0.05, 0) is 0 Å². The molecule has 3 aromatic carbocycles. The molecule has 0 spiro atoms. The Morgan fingerprint density at radius 3 is 0.952 bits per heavy atom. The van der Waals surface area contributed by atoms with Crippen molar-refractivity contribution in [2.24, 2.45) is 0 Å². The maximum atomic E-state index is 5.87. The van der Waals surface area contributed by atoms with Crippen LogP contribution in [0.4, 0.5) is 0 Å². The molecule has 0 bridgehead atoms. The molecule has 104 valence electrons. The minimum atomic E-state index is -3.12. The number of rotatable bonds is 3. The van der Waals surface area contributed by atoms with Gasteiger partial charge in [0.15, 0.2) is 0 Å². The summed E-state index contributed by atoms with van der Waals surface area (Å²) in [6, 6.07) is 30.7. The van der Waals surface area contributed by atoms with E-state index in [1.54, 1.807) is 0 Å². The van der Waals surface area contributed by atoms with Gasteiger partial charge in [0.25, 0.3) is 0 Å². The van der Waals surface area contributed by atoms with Gasteiger partial charge in [-0.3, -0.25) is 0 Å². The monoisotopic (exact) mass is 294 g/mol. The first-order valence-corrected chi connectivity index (χ1v) is 9.01. The molecule has 1 heterocycles. The van der Waals surface area contributed by atoms with Gasteiger partial charge in [0.2, 0.25) is 0 Å². The molecular weight excluding hydrogens is 279 g/mol. The van der Waals surface area contributed by atoms with Gasteiger partial charge in [-0.1, -0.05) is 0 Å². The Balaban J connectivity index is 2.06. The molecule has 0 saturated carbocycles. The summed E-state index contributed by atoms with van der Waals surface area (Å²) >= 11 is 0. The molecular formula is C18H15O2P. The number of hydrogen-bond acceptors (Lipinski definition) is 2. The van der Waals surface area contributed by atoms with Crippen molar-refractivity contribution in [1.82, 2.24) is 0 Å². The molecule has 0 radical (unpaired) electrons. The summed E-state index contributed by atoms with van der Waals surface area (Å²) in [5.41, 5.74) is 0. The van der Waals surface area contributed by atoms with E-state index in [2.05, 4.69) is 36.4 Å². The summed E-state index contributed by atoms with van der Waals surface area (Å²) in [5, 5.41) is 3.29. The van der Waals surface area contributed by atoms with Crippen molar-refractivity contribution in [3.63, 3.8) is 0 Å². The summed E-state index contributed by atoms with van der Waals surface area (Å²) in [4.78, 5) is 0. The Morgan fingerprint density at radius 1 is 0.429 bits per heavy atom. The molecule has 0 aromatic heterocycles. The second kappa shape index (κ2) is 4.51. The van der Waals surface area contributed by atoms with Crippen molar-refractivity contribution >= 4 is 23.0 Å². The predicted octanol–water partition coefficient (Wildman–Crippen LogP) is 3.31. The Hall–Kier alpha value is -1.99. The van der Waals surface area contributed by atoms with E-state index in [-0.39, 0.29) is 0 Å². The second-order valence-corrected chi connectivity index (χ2v) is 8.88. The van der Waals surface area contributed by atoms with Gasteiger partial charge in [0, 0.05) is 0 Å². The summed E-state index contributed by atoms with van der Waals surface area (Å²) in [5.74, 6) is 0. The predicted molar refractivity (Wildman–Crippen MR) is 87.3 cm³/mol. The normalized spacial score (nSPS) is 20.1. The van der Waals surface area contributed by atoms with Crippen LogP contribution in [-0.4, -0.2) is 0 Å². The first-order valence-electron chi connectivity index (χ1n) is 6.93. The Morgan fingerprint density at radius 2 is 0.714 bits per heavy atom. The van der Waals surface area contributed by atoms with Crippen molar-refractivity contribution < 1.29 is 9.35 Å². The van der Waals surface area contributed by atoms with E-state index in [1.807, 2.05) is 54.6 Å². The van der Waals surface area contributed by atoms with Crippen LogP contribution in [0.5, 0.6) is 0 Å². The maximum absolute atomic E-state index is 5.87. The van der Waals surface area contributed by atoms with E-state index >= 15 is 0 Å². The molecule has 1 fully saturated rings. The average molecular weight is 294 g/mol. The fourth-order valence-electron chi connectivity index (χ4n) is 2.85. The molecule has 3 heteroatoms. The fourth-order valence-corrected chi connectivity index (χ4v) is 6.80. The molecule has 1 aliphatic heterocycles. The molecule has 0 amide bonds. The van der Waals surface area contributed by atoms with Gasteiger partial charge < -0.3 is 0 Å². The van der Waals surface area contributed by atoms with Gasteiger partial charge in [0.05, 0.1) is 0 Å². The van der Waals surface area contributed by atoms with Crippen LogP contribution in [0.1, 0.15) is 0 Å². The molecule has 21 heavy (non-hydrogen) atoms. The van der Waals surface area contributed by atoms with E-state index in [0.717, 1.165) is 15.9 Å². The zero-order valence-electron chi connectivity index (χ0n) is 11.4. The summed E-state index contributed by atoms with van der Waals surface area (Å²) in [6.07, 6.45) is 0. The third-order valence-corrected chi connectivity index (χ3v) is 8.28. The van der Waals surface area contributed by atoms with E-state index in [9.17, 15) is 0 Å². The second-order valence-electron chi connectivity index (χ2n) is 5.11. The van der Waals surface area contributed by atoms with Gasteiger partial charge in [0.1, 0.15) is 0 Å². The van der Waals surface area contributed by atoms with E-state index in [4.69, 9.17) is 9.35 Å². The van der Waals surface area contributed by atoms with Crippen LogP contribution in [0.25, 0.3) is 0 Å². The van der Waals surface area contributed by atoms with Crippen molar-refractivity contribution in [3.8, 4) is 0 Å². The van der Waals surface area contributed by atoms with E-state index in [1.165, 1.54) is 0 Å². The molecule has 4 rings (SSSR count). The average Bonchev–Trinajstić information content (AvgIpc) is 3.36. The summed E-state index contributed by atoms with van der Waals surface area (Å²) in [6.45, 7) is 0. The molecule has 0 unspecified atom stereocenters. The first kappa shape index (κ1) is 12.7. The van der Waals surface area contributed by atoms with Crippen LogP contribution >= 0.6 is 7.06 Å². The van der Waals surface area contributed by atoms with Crippen LogP contribution in [0.15, 0.2) is 91.0 Å². The van der Waals surface area contributed by atoms with E-state index < -0.39 is 7.06 Å². The molecule has 0 aliphatic carbocycles. The Labute approximate surface area is 124 Å². The van der Waals surface area contributed by atoms with Crippen LogP contribution < -0.4 is 15.9 Å². The quantitative estimate of drug-likeness (QED) is 0.420. The Kier molecular flexibility index (Phi) is 2.73. The van der Waals surface area contributed by atoms with Crippen LogP contribution in [-0.2, 0) is 9.35 Å². The minimum absolute atomic E-state index is 1.10. The van der Waals surface area contributed by atoms with Gasteiger partial charge in [-0.15, -0.1) is 0 Å². The Bertz CT molecular complexity index is 650. The fraction of sp³-hybridized carbons (Fsp3) is 0. The topological polar surface area (TPSA) is 25.1 Å². The SMILES string of the molecule is c1ccc(P2(c3ccccc3)(c3ccccc3)OO2)cc1. The van der Waals surface area contributed by atoms with Gasteiger partial charge in [-0.25, -0.2) is 0 Å². The van der Waals surface area contributed by atoms with Gasteiger partial charge in [-0.2, -0.15) is 0 Å². The molecule has 2 nitrogen and oxygen atoms in total. The van der Waals surface area contributed by atoms with E-state index in [0.29, 0.717) is 0 Å². The molecule has 1 saturated heterocycles. The van der Waals surface area contributed by atoms with Crippen molar-refractivity contribution in [2.45, 2.75) is 0 Å². The van der Waals surface area contributed by atoms with Crippen molar-refractivity contribution in [2.75, 3.05) is 0 Å².